The van der Waals surface area contributed by atoms with Crippen molar-refractivity contribution in [3.05, 3.63) is 30.0 Å². The third-order valence-electron chi connectivity index (χ3n) is 4.63. The molecule has 0 N–H and O–H groups in total. The zero-order valence-electron chi connectivity index (χ0n) is 12.3. The monoisotopic (exact) mass is 284 g/mol. The minimum absolute atomic E-state index is 0.153. The lowest BCUT2D eigenvalue weighted by Crippen LogP contribution is -2.33. The molecule has 1 atom stereocenters. The second-order valence-electron chi connectivity index (χ2n) is 5.98. The largest absolute Gasteiger partial charge is 0.486 e. The number of amides is 1. The number of aromatic nitrogens is 1. The van der Waals surface area contributed by atoms with Crippen molar-refractivity contribution < 1.29 is 9.53 Å². The van der Waals surface area contributed by atoms with Gasteiger partial charge in [0.1, 0.15) is 17.5 Å². The molecule has 2 aliphatic rings. The Morgan fingerprint density at radius 2 is 2.14 bits per heavy atom. The topological polar surface area (TPSA) is 34.5 Å². The zero-order valence-corrected chi connectivity index (χ0v) is 12.3. The van der Waals surface area contributed by atoms with Crippen LogP contribution in [0, 0.1) is 0 Å². The molecule has 0 bridgehead atoms. The van der Waals surface area contributed by atoms with Gasteiger partial charge in [-0.15, -0.1) is 0 Å². The first-order valence-corrected chi connectivity index (χ1v) is 7.86. The summed E-state index contributed by atoms with van der Waals surface area (Å²) in [5.41, 5.74) is 1.89. The Kier molecular flexibility index (Phi) is 2.91. The highest BCUT2D eigenvalue weighted by Gasteiger charge is 2.28. The van der Waals surface area contributed by atoms with Crippen LogP contribution in [0.1, 0.15) is 36.7 Å². The van der Waals surface area contributed by atoms with Crippen LogP contribution in [0.2, 0.25) is 0 Å². The van der Waals surface area contributed by atoms with Gasteiger partial charge < -0.3 is 14.2 Å². The molecule has 0 spiro atoms. The van der Waals surface area contributed by atoms with Crippen molar-refractivity contribution in [2.24, 2.45) is 0 Å². The molecule has 0 radical (unpaired) electrons. The number of ether oxygens (including phenoxy) is 1. The van der Waals surface area contributed by atoms with Crippen molar-refractivity contribution >= 4 is 16.8 Å². The van der Waals surface area contributed by atoms with Crippen molar-refractivity contribution in [2.45, 2.75) is 38.8 Å². The summed E-state index contributed by atoms with van der Waals surface area (Å²) < 4.78 is 8.20. The second kappa shape index (κ2) is 4.79. The highest BCUT2D eigenvalue weighted by molar-refractivity contribution is 6.00. The molecule has 21 heavy (non-hydrogen) atoms. The summed E-state index contributed by atoms with van der Waals surface area (Å²) in [5.74, 6) is 1.08. The van der Waals surface area contributed by atoms with Gasteiger partial charge in [0.2, 0.25) is 0 Å². The minimum atomic E-state index is 0.153. The lowest BCUT2D eigenvalue weighted by Gasteiger charge is -2.27. The molecule has 1 aromatic carbocycles. The number of carbonyl (C=O) groups is 1. The van der Waals surface area contributed by atoms with Crippen LogP contribution in [0.5, 0.6) is 5.75 Å². The zero-order chi connectivity index (χ0) is 14.4. The Morgan fingerprint density at radius 1 is 1.33 bits per heavy atom. The summed E-state index contributed by atoms with van der Waals surface area (Å²) in [4.78, 5) is 14.8. The molecule has 3 heterocycles. The van der Waals surface area contributed by atoms with Crippen molar-refractivity contribution in [1.82, 2.24) is 9.47 Å². The van der Waals surface area contributed by atoms with Crippen molar-refractivity contribution in [3.8, 4) is 5.75 Å². The third kappa shape index (κ3) is 1.93. The van der Waals surface area contributed by atoms with Gasteiger partial charge in [-0.3, -0.25) is 4.79 Å². The van der Waals surface area contributed by atoms with Crippen molar-refractivity contribution in [2.75, 3.05) is 13.1 Å². The summed E-state index contributed by atoms with van der Waals surface area (Å²) in [5, 5.41) is 1.10. The number of hydrogen-bond donors (Lipinski definition) is 0. The maximum absolute atomic E-state index is 12.8. The number of nitrogens with zero attached hydrogens (tertiary/aromatic N) is 2. The molecular weight excluding hydrogens is 264 g/mol. The molecule has 1 saturated heterocycles. The fraction of sp³-hybridized carbons (Fsp3) is 0.471. The van der Waals surface area contributed by atoms with Crippen LogP contribution >= 0.6 is 0 Å². The van der Waals surface area contributed by atoms with E-state index in [-0.39, 0.29) is 12.0 Å². The SMILES string of the molecule is CC[C@H]1Cn2c(C(=O)N3CCCC3)cc3cccc(c32)O1. The molecule has 4 heteroatoms. The Labute approximate surface area is 124 Å². The van der Waals surface area contributed by atoms with Crippen LogP contribution in [0.3, 0.4) is 0 Å². The number of benzene rings is 1. The van der Waals surface area contributed by atoms with E-state index < -0.39 is 0 Å². The Bertz CT molecular complexity index is 698. The fourth-order valence-corrected chi connectivity index (χ4v) is 3.47. The van der Waals surface area contributed by atoms with Gasteiger partial charge in [-0.2, -0.15) is 0 Å². The Hall–Kier alpha value is -1.97. The molecule has 1 aromatic heterocycles. The summed E-state index contributed by atoms with van der Waals surface area (Å²) in [7, 11) is 0. The summed E-state index contributed by atoms with van der Waals surface area (Å²) in [6.45, 7) is 4.68. The maximum Gasteiger partial charge on any atom is 0.270 e. The van der Waals surface area contributed by atoms with E-state index in [0.717, 1.165) is 61.2 Å². The van der Waals surface area contributed by atoms with Crippen LogP contribution in [0.15, 0.2) is 24.3 Å². The van der Waals surface area contributed by atoms with E-state index in [1.807, 2.05) is 23.1 Å². The van der Waals surface area contributed by atoms with Crippen LogP contribution in [0.25, 0.3) is 10.9 Å². The number of hydrogen-bond acceptors (Lipinski definition) is 2. The highest BCUT2D eigenvalue weighted by Crippen LogP contribution is 2.34. The number of para-hydroxylation sites is 1. The lowest BCUT2D eigenvalue weighted by atomic mass is 10.2. The summed E-state index contributed by atoms with van der Waals surface area (Å²) in [6.07, 6.45) is 3.35. The van der Waals surface area contributed by atoms with Gasteiger partial charge >= 0.3 is 0 Å². The number of rotatable bonds is 2. The van der Waals surface area contributed by atoms with E-state index in [2.05, 4.69) is 17.6 Å². The van der Waals surface area contributed by atoms with Gasteiger partial charge in [-0.05, 0) is 31.4 Å². The van der Waals surface area contributed by atoms with Gasteiger partial charge in [0.05, 0.1) is 12.1 Å². The predicted octanol–water partition coefficient (Wildman–Crippen LogP) is 3.05. The second-order valence-corrected chi connectivity index (χ2v) is 5.98. The summed E-state index contributed by atoms with van der Waals surface area (Å²) in [6, 6.07) is 8.10. The Morgan fingerprint density at radius 3 is 2.90 bits per heavy atom. The molecule has 0 aliphatic carbocycles. The van der Waals surface area contributed by atoms with E-state index in [9.17, 15) is 4.79 Å². The normalized spacial score (nSPS) is 20.8. The van der Waals surface area contributed by atoms with E-state index >= 15 is 0 Å². The average Bonchev–Trinajstić information content (AvgIpc) is 3.16. The van der Waals surface area contributed by atoms with Gasteiger partial charge in [0.25, 0.3) is 5.91 Å². The highest BCUT2D eigenvalue weighted by atomic mass is 16.5. The molecule has 1 fully saturated rings. The fourth-order valence-electron chi connectivity index (χ4n) is 3.47. The Balaban J connectivity index is 1.84. The van der Waals surface area contributed by atoms with Crippen LogP contribution in [-0.2, 0) is 6.54 Å². The van der Waals surface area contributed by atoms with Gasteiger partial charge in [0, 0.05) is 18.5 Å². The molecule has 2 aromatic rings. The van der Waals surface area contributed by atoms with Gasteiger partial charge in [0.15, 0.2) is 0 Å². The smallest absolute Gasteiger partial charge is 0.270 e. The van der Waals surface area contributed by atoms with Gasteiger partial charge in [-0.1, -0.05) is 19.1 Å². The molecule has 4 rings (SSSR count). The molecule has 110 valence electrons. The van der Waals surface area contributed by atoms with E-state index in [0.29, 0.717) is 0 Å². The van der Waals surface area contributed by atoms with Crippen molar-refractivity contribution in [1.29, 1.82) is 0 Å². The molecule has 2 aliphatic heterocycles. The predicted molar refractivity (Wildman–Crippen MR) is 81.8 cm³/mol. The van der Waals surface area contributed by atoms with Crippen molar-refractivity contribution in [3.63, 3.8) is 0 Å². The average molecular weight is 284 g/mol. The van der Waals surface area contributed by atoms with E-state index in [1.54, 1.807) is 0 Å². The molecule has 0 saturated carbocycles. The molecule has 0 unspecified atom stereocenters. The first kappa shape index (κ1) is 12.7. The van der Waals surface area contributed by atoms with Crippen LogP contribution in [-0.4, -0.2) is 34.6 Å². The first-order chi connectivity index (χ1) is 10.3. The van der Waals surface area contributed by atoms with E-state index in [1.165, 1.54) is 0 Å². The third-order valence-corrected chi connectivity index (χ3v) is 4.63. The standard InChI is InChI=1S/C17H20N2O2/c1-2-13-11-19-14(17(20)18-8-3-4-9-18)10-12-6-5-7-15(21-13)16(12)19/h5-7,10,13H,2-4,8-9,11H2,1H3/t13-/m0/s1. The van der Waals surface area contributed by atoms with Gasteiger partial charge in [-0.25, -0.2) is 0 Å². The van der Waals surface area contributed by atoms with Crippen LogP contribution < -0.4 is 4.74 Å². The molecule has 4 nitrogen and oxygen atoms in total. The lowest BCUT2D eigenvalue weighted by molar-refractivity contribution is 0.0776. The first-order valence-electron chi connectivity index (χ1n) is 7.86. The van der Waals surface area contributed by atoms with Crippen LogP contribution in [0.4, 0.5) is 0 Å². The maximum atomic E-state index is 12.8. The van der Waals surface area contributed by atoms with E-state index in [4.69, 9.17) is 4.74 Å². The minimum Gasteiger partial charge on any atom is -0.486 e. The molecule has 1 amide bonds. The molecular formula is C17H20N2O2. The summed E-state index contributed by atoms with van der Waals surface area (Å²) >= 11 is 0. The number of carbonyl (C=O) groups excluding carboxylic acids is 1. The number of likely N-dealkylation sites (tertiary alicyclic amines) is 1. The quantitative estimate of drug-likeness (QED) is 0.849.